The van der Waals surface area contributed by atoms with Gasteiger partial charge in [0, 0.05) is 0 Å². The molecule has 0 aliphatic rings. The minimum absolute atomic E-state index is 0.995. The fourth-order valence-corrected chi connectivity index (χ4v) is 2.26. The Bertz CT molecular complexity index is 529. The molecular weight excluding hydrogens is 220 g/mol. The zero-order valence-electron chi connectivity index (χ0n) is 11.4. The molecule has 0 aliphatic heterocycles. The predicted octanol–water partition coefficient (Wildman–Crippen LogP) is 4.10. The smallest absolute Gasteiger partial charge is 0.122 e. The van der Waals surface area contributed by atoms with Gasteiger partial charge in [0.2, 0.25) is 0 Å². The number of benzene rings is 2. The third-order valence-corrected chi connectivity index (χ3v) is 3.36. The van der Waals surface area contributed by atoms with Crippen molar-refractivity contribution in [3.63, 3.8) is 0 Å². The second kappa shape index (κ2) is 5.72. The van der Waals surface area contributed by atoms with Gasteiger partial charge in [-0.15, -0.1) is 0 Å². The summed E-state index contributed by atoms with van der Waals surface area (Å²) in [7, 11) is 1.74. The lowest BCUT2D eigenvalue weighted by molar-refractivity contribution is 0.409. The highest BCUT2D eigenvalue weighted by molar-refractivity contribution is 5.38. The van der Waals surface area contributed by atoms with Crippen LogP contribution >= 0.6 is 0 Å². The zero-order chi connectivity index (χ0) is 13.0. The summed E-state index contributed by atoms with van der Waals surface area (Å²) in [6, 6.07) is 14.9. The maximum Gasteiger partial charge on any atom is 0.122 e. The van der Waals surface area contributed by atoms with Gasteiger partial charge in [-0.25, -0.2) is 0 Å². The minimum Gasteiger partial charge on any atom is -0.496 e. The van der Waals surface area contributed by atoms with E-state index in [1.165, 1.54) is 22.3 Å². The average molecular weight is 240 g/mol. The minimum atomic E-state index is 0.995. The van der Waals surface area contributed by atoms with E-state index in [0.717, 1.165) is 18.6 Å². The maximum absolute atomic E-state index is 5.42. The van der Waals surface area contributed by atoms with Crippen LogP contribution in [0.1, 0.15) is 22.3 Å². The largest absolute Gasteiger partial charge is 0.496 e. The van der Waals surface area contributed by atoms with Gasteiger partial charge in [0.1, 0.15) is 5.75 Å². The molecule has 0 bridgehead atoms. The first-order valence-electron chi connectivity index (χ1n) is 6.38. The van der Waals surface area contributed by atoms with Crippen LogP contribution in [0.2, 0.25) is 0 Å². The summed E-state index contributed by atoms with van der Waals surface area (Å²) in [5, 5.41) is 0. The van der Waals surface area contributed by atoms with Gasteiger partial charge in [0.05, 0.1) is 7.11 Å². The van der Waals surface area contributed by atoms with Crippen LogP contribution in [0, 0.1) is 13.8 Å². The third-order valence-electron chi connectivity index (χ3n) is 3.36. The molecule has 0 heterocycles. The highest BCUT2D eigenvalue weighted by Gasteiger charge is 2.04. The lowest BCUT2D eigenvalue weighted by Crippen LogP contribution is -1.97. The first-order chi connectivity index (χ1) is 8.70. The Morgan fingerprint density at radius 1 is 0.889 bits per heavy atom. The molecule has 0 unspecified atom stereocenters. The van der Waals surface area contributed by atoms with Crippen LogP contribution < -0.4 is 4.74 Å². The Hall–Kier alpha value is -1.76. The number of methoxy groups -OCH3 is 1. The first-order valence-corrected chi connectivity index (χ1v) is 6.38. The molecule has 0 aliphatic carbocycles. The summed E-state index contributed by atoms with van der Waals surface area (Å²) in [4.78, 5) is 0. The summed E-state index contributed by atoms with van der Waals surface area (Å²) < 4.78 is 5.42. The van der Waals surface area contributed by atoms with Crippen molar-refractivity contribution in [1.29, 1.82) is 0 Å². The number of aryl methyl sites for hydroxylation is 4. The van der Waals surface area contributed by atoms with Gasteiger partial charge in [-0.3, -0.25) is 0 Å². The number of hydrogen-bond donors (Lipinski definition) is 0. The van der Waals surface area contributed by atoms with Crippen molar-refractivity contribution in [3.8, 4) is 5.75 Å². The number of ether oxygens (including phenoxy) is 1. The van der Waals surface area contributed by atoms with E-state index in [1.54, 1.807) is 7.11 Å². The van der Waals surface area contributed by atoms with E-state index in [2.05, 4.69) is 56.3 Å². The molecular formula is C17H20O. The average Bonchev–Trinajstić information content (AvgIpc) is 2.38. The fourth-order valence-electron chi connectivity index (χ4n) is 2.26. The predicted molar refractivity (Wildman–Crippen MR) is 76.3 cm³/mol. The van der Waals surface area contributed by atoms with Crippen LogP contribution in [-0.2, 0) is 12.8 Å². The highest BCUT2D eigenvalue weighted by atomic mass is 16.5. The Labute approximate surface area is 109 Å². The molecule has 2 aromatic carbocycles. The highest BCUT2D eigenvalue weighted by Crippen LogP contribution is 2.22. The molecule has 0 spiro atoms. The van der Waals surface area contributed by atoms with Gasteiger partial charge in [-0.1, -0.05) is 42.0 Å². The second-order valence-corrected chi connectivity index (χ2v) is 4.74. The third kappa shape index (κ3) is 2.92. The molecule has 0 atom stereocenters. The first kappa shape index (κ1) is 12.7. The van der Waals surface area contributed by atoms with E-state index in [4.69, 9.17) is 4.74 Å². The summed E-state index contributed by atoms with van der Waals surface area (Å²) in [5.41, 5.74) is 5.36. The molecule has 1 heteroatoms. The summed E-state index contributed by atoms with van der Waals surface area (Å²) in [6.07, 6.45) is 2.09. The lowest BCUT2D eigenvalue weighted by atomic mass is 9.99. The van der Waals surface area contributed by atoms with Crippen molar-refractivity contribution in [3.05, 3.63) is 64.7 Å². The van der Waals surface area contributed by atoms with Crippen molar-refractivity contribution >= 4 is 0 Å². The molecule has 0 aromatic heterocycles. The van der Waals surface area contributed by atoms with Crippen LogP contribution in [0.5, 0.6) is 5.75 Å². The molecule has 0 amide bonds. The van der Waals surface area contributed by atoms with Crippen LogP contribution in [0.15, 0.2) is 42.5 Å². The molecule has 1 nitrogen and oxygen atoms in total. The monoisotopic (exact) mass is 240 g/mol. The summed E-state index contributed by atoms with van der Waals surface area (Å²) >= 11 is 0. The van der Waals surface area contributed by atoms with Crippen LogP contribution in [0.4, 0.5) is 0 Å². The fraction of sp³-hybridized carbons (Fsp3) is 0.294. The van der Waals surface area contributed by atoms with Gasteiger partial charge in [-0.05, 0) is 49.4 Å². The van der Waals surface area contributed by atoms with Crippen LogP contribution in [-0.4, -0.2) is 7.11 Å². The summed E-state index contributed by atoms with van der Waals surface area (Å²) in [6.45, 7) is 4.29. The molecule has 0 N–H and O–H groups in total. The van der Waals surface area contributed by atoms with Crippen LogP contribution in [0.3, 0.4) is 0 Å². The van der Waals surface area contributed by atoms with E-state index in [0.29, 0.717) is 0 Å². The zero-order valence-corrected chi connectivity index (χ0v) is 11.4. The SMILES string of the molecule is COc1ccc(C)cc1CCc1ccccc1C. The van der Waals surface area contributed by atoms with Crippen molar-refractivity contribution in [2.24, 2.45) is 0 Å². The number of rotatable bonds is 4. The quantitative estimate of drug-likeness (QED) is 0.782. The standard InChI is InChI=1S/C17H20O/c1-13-8-11-17(18-3)16(12-13)10-9-15-7-5-4-6-14(15)2/h4-8,11-12H,9-10H2,1-3H3. The Balaban J connectivity index is 2.15. The Kier molecular flexibility index (Phi) is 4.03. The second-order valence-electron chi connectivity index (χ2n) is 4.74. The van der Waals surface area contributed by atoms with Crippen molar-refractivity contribution in [2.45, 2.75) is 26.7 Å². The summed E-state index contributed by atoms with van der Waals surface area (Å²) in [5.74, 6) is 0.995. The van der Waals surface area contributed by atoms with E-state index in [9.17, 15) is 0 Å². The normalized spacial score (nSPS) is 10.4. The van der Waals surface area contributed by atoms with E-state index in [-0.39, 0.29) is 0 Å². The van der Waals surface area contributed by atoms with Crippen molar-refractivity contribution in [2.75, 3.05) is 7.11 Å². The molecule has 18 heavy (non-hydrogen) atoms. The van der Waals surface area contributed by atoms with Gasteiger partial charge in [0.15, 0.2) is 0 Å². The van der Waals surface area contributed by atoms with E-state index >= 15 is 0 Å². The molecule has 2 aromatic rings. The van der Waals surface area contributed by atoms with Crippen molar-refractivity contribution < 1.29 is 4.74 Å². The Morgan fingerprint density at radius 2 is 1.61 bits per heavy atom. The van der Waals surface area contributed by atoms with Gasteiger partial charge >= 0.3 is 0 Å². The topological polar surface area (TPSA) is 9.23 Å². The van der Waals surface area contributed by atoms with E-state index in [1.807, 2.05) is 0 Å². The molecule has 0 saturated carbocycles. The van der Waals surface area contributed by atoms with Gasteiger partial charge < -0.3 is 4.74 Å². The molecule has 2 rings (SSSR count). The van der Waals surface area contributed by atoms with Gasteiger partial charge in [0.25, 0.3) is 0 Å². The Morgan fingerprint density at radius 3 is 2.33 bits per heavy atom. The molecule has 94 valence electrons. The van der Waals surface area contributed by atoms with E-state index < -0.39 is 0 Å². The van der Waals surface area contributed by atoms with Gasteiger partial charge in [-0.2, -0.15) is 0 Å². The maximum atomic E-state index is 5.42. The lowest BCUT2D eigenvalue weighted by Gasteiger charge is -2.10. The molecule has 0 radical (unpaired) electrons. The van der Waals surface area contributed by atoms with Crippen LogP contribution in [0.25, 0.3) is 0 Å². The molecule has 0 fully saturated rings. The van der Waals surface area contributed by atoms with Crippen molar-refractivity contribution in [1.82, 2.24) is 0 Å². The number of hydrogen-bond acceptors (Lipinski definition) is 1. The molecule has 0 saturated heterocycles.